The smallest absolute Gasteiger partial charge is 0.161 e. The summed E-state index contributed by atoms with van der Waals surface area (Å²) < 4.78 is 4.08. The maximum absolute atomic E-state index is 5.32. The second-order valence-corrected chi connectivity index (χ2v) is 4.14. The Kier molecular flexibility index (Phi) is 5.42. The van der Waals surface area contributed by atoms with Crippen molar-refractivity contribution in [1.82, 2.24) is 0 Å². The van der Waals surface area contributed by atoms with Crippen molar-refractivity contribution in [3.8, 4) is 0 Å². The van der Waals surface area contributed by atoms with Gasteiger partial charge >= 0.3 is 0 Å². The van der Waals surface area contributed by atoms with E-state index in [2.05, 4.69) is 4.51 Å². The van der Waals surface area contributed by atoms with Gasteiger partial charge in [-0.25, -0.2) is 0 Å². The molecule has 0 amide bonds. The minimum Gasteiger partial charge on any atom is -0.161 e. The largest absolute Gasteiger partial charge is 0.213 e. The topological polar surface area (TPSA) is 18.5 Å². The predicted molar refractivity (Wildman–Crippen MR) is 50.6 cm³/mol. The number of nitrogens with zero attached hydrogens (tertiary/aromatic N) is 1. The SMILES string of the molecule is C=I[N+](C)(OCC)OCC. The van der Waals surface area contributed by atoms with Gasteiger partial charge in [-0.05, 0) is 18.4 Å². The summed E-state index contributed by atoms with van der Waals surface area (Å²) >= 11 is -0.312. The van der Waals surface area contributed by atoms with Gasteiger partial charge in [0.15, 0.2) is 0 Å². The Hall–Kier alpha value is 0.480. The maximum atomic E-state index is 5.32. The minimum atomic E-state index is -0.312. The van der Waals surface area contributed by atoms with Crippen LogP contribution in [0.3, 0.4) is 0 Å². The standard InChI is InChI=1S/C6H15INO2/c1-5-9-8(4,7-3)10-6-2/h3,5-6H2,1-2,4H3/q+1. The van der Waals surface area contributed by atoms with Crippen molar-refractivity contribution in [2.75, 3.05) is 20.3 Å². The van der Waals surface area contributed by atoms with Gasteiger partial charge in [0, 0.05) is 3.02 Å². The van der Waals surface area contributed by atoms with Gasteiger partial charge in [0.2, 0.25) is 21.0 Å². The van der Waals surface area contributed by atoms with Crippen molar-refractivity contribution in [3.63, 3.8) is 0 Å². The van der Waals surface area contributed by atoms with E-state index in [0.717, 1.165) is 0 Å². The second-order valence-electron chi connectivity index (χ2n) is 1.70. The lowest BCUT2D eigenvalue weighted by molar-refractivity contribution is -1.11. The van der Waals surface area contributed by atoms with Crippen LogP contribution in [-0.4, -0.2) is 27.8 Å². The summed E-state index contributed by atoms with van der Waals surface area (Å²) in [6.07, 6.45) is 0. The molecular weight excluding hydrogens is 245 g/mol. The summed E-state index contributed by atoms with van der Waals surface area (Å²) in [5.74, 6) is 0. The fraction of sp³-hybridized carbons (Fsp3) is 0.833. The number of hydrogen-bond donors (Lipinski definition) is 0. The Labute approximate surface area is 72.5 Å². The molecule has 0 aliphatic carbocycles. The highest BCUT2D eigenvalue weighted by Gasteiger charge is 2.20. The van der Waals surface area contributed by atoms with E-state index in [9.17, 15) is 0 Å². The van der Waals surface area contributed by atoms with E-state index < -0.39 is 0 Å². The van der Waals surface area contributed by atoms with E-state index in [-0.39, 0.29) is 24.0 Å². The molecule has 0 fully saturated rings. The zero-order valence-corrected chi connectivity index (χ0v) is 8.92. The molecule has 62 valence electrons. The molecule has 0 aromatic rings. The molecule has 0 aliphatic rings. The van der Waals surface area contributed by atoms with Crippen molar-refractivity contribution < 1.29 is 12.7 Å². The summed E-state index contributed by atoms with van der Waals surface area (Å²) in [6.45, 7) is 5.25. The van der Waals surface area contributed by atoms with E-state index in [1.165, 1.54) is 0 Å². The highest BCUT2D eigenvalue weighted by Crippen LogP contribution is 2.18. The van der Waals surface area contributed by atoms with Crippen molar-refractivity contribution >= 4 is 25.5 Å². The lowest BCUT2D eigenvalue weighted by atomic mass is 10.9. The average Bonchev–Trinajstić information content (AvgIpc) is 1.89. The molecule has 0 atom stereocenters. The van der Waals surface area contributed by atoms with Crippen molar-refractivity contribution in [1.29, 1.82) is 0 Å². The molecule has 0 radical (unpaired) electrons. The van der Waals surface area contributed by atoms with Crippen LogP contribution in [0.2, 0.25) is 0 Å². The van der Waals surface area contributed by atoms with Crippen LogP contribution in [-0.2, 0) is 9.68 Å². The van der Waals surface area contributed by atoms with Crippen molar-refractivity contribution in [3.05, 3.63) is 0 Å². The molecule has 0 aromatic heterocycles. The lowest BCUT2D eigenvalue weighted by Gasteiger charge is -2.21. The second kappa shape index (κ2) is 5.17. The number of hydroxylamine groups is 2. The summed E-state index contributed by atoms with van der Waals surface area (Å²) in [6, 6.07) is 0. The molecule has 0 spiro atoms. The Balaban J connectivity index is 3.81. The molecule has 4 heteroatoms. The molecule has 10 heavy (non-hydrogen) atoms. The molecule has 0 bridgehead atoms. The molecule has 0 saturated carbocycles. The Morgan fingerprint density at radius 2 is 1.70 bits per heavy atom. The van der Waals surface area contributed by atoms with Gasteiger partial charge in [0.1, 0.15) is 20.3 Å². The predicted octanol–water partition coefficient (Wildman–Crippen LogP) is 1.65. The van der Waals surface area contributed by atoms with Gasteiger partial charge in [0.25, 0.3) is 0 Å². The molecule has 0 heterocycles. The fourth-order valence-corrected chi connectivity index (χ4v) is 1.52. The average molecular weight is 260 g/mol. The summed E-state index contributed by atoms with van der Waals surface area (Å²) in [5, 5.41) is 0. The zero-order chi connectivity index (χ0) is 8.04. The van der Waals surface area contributed by atoms with Crippen LogP contribution in [0.25, 0.3) is 0 Å². The van der Waals surface area contributed by atoms with Gasteiger partial charge in [-0.2, -0.15) is 9.68 Å². The van der Waals surface area contributed by atoms with Crippen LogP contribution in [0.5, 0.6) is 0 Å². The van der Waals surface area contributed by atoms with E-state index in [1.807, 2.05) is 20.9 Å². The van der Waals surface area contributed by atoms with E-state index >= 15 is 0 Å². The van der Waals surface area contributed by atoms with Crippen LogP contribution < -0.4 is 0 Å². The molecule has 0 saturated heterocycles. The molecule has 0 aliphatic heterocycles. The first-order chi connectivity index (χ1) is 4.68. The van der Waals surface area contributed by atoms with Crippen molar-refractivity contribution in [2.45, 2.75) is 13.8 Å². The third-order valence-corrected chi connectivity index (χ3v) is 2.73. The molecule has 0 N–H and O–H groups in total. The maximum Gasteiger partial charge on any atom is 0.213 e. The zero-order valence-electron chi connectivity index (χ0n) is 6.76. The van der Waals surface area contributed by atoms with Gasteiger partial charge in [-0.1, -0.05) is 0 Å². The summed E-state index contributed by atoms with van der Waals surface area (Å²) in [5.41, 5.74) is 0. The summed E-state index contributed by atoms with van der Waals surface area (Å²) in [4.78, 5) is 10.6. The molecule has 0 unspecified atom stereocenters. The van der Waals surface area contributed by atoms with Gasteiger partial charge in [0.05, 0.1) is 0 Å². The monoisotopic (exact) mass is 260 g/mol. The highest BCUT2D eigenvalue weighted by molar-refractivity contribution is 14.1. The Morgan fingerprint density at radius 3 is 1.90 bits per heavy atom. The third-order valence-electron chi connectivity index (χ3n) is 0.937. The van der Waals surface area contributed by atoms with E-state index in [1.54, 1.807) is 0 Å². The minimum absolute atomic E-state index is 0.256. The van der Waals surface area contributed by atoms with Crippen LogP contribution in [0.1, 0.15) is 13.8 Å². The van der Waals surface area contributed by atoms with Gasteiger partial charge in [-0.15, -0.1) is 0 Å². The summed E-state index contributed by atoms with van der Waals surface area (Å²) in [7, 11) is 1.90. The number of quaternary nitrogens is 1. The first-order valence-corrected chi connectivity index (χ1v) is 5.73. The van der Waals surface area contributed by atoms with Gasteiger partial charge < -0.3 is 0 Å². The molecule has 0 rings (SSSR count). The number of halogens is 1. The van der Waals surface area contributed by atoms with E-state index in [0.29, 0.717) is 13.2 Å². The highest BCUT2D eigenvalue weighted by atomic mass is 127. The van der Waals surface area contributed by atoms with Crippen LogP contribution in [0, 0.1) is 0 Å². The number of rotatable bonds is 5. The fourth-order valence-electron chi connectivity index (χ4n) is 0.567. The van der Waals surface area contributed by atoms with Crippen LogP contribution in [0.15, 0.2) is 0 Å². The van der Waals surface area contributed by atoms with Crippen LogP contribution in [0.4, 0.5) is 0 Å². The normalized spacial score (nSPS) is 11.9. The van der Waals surface area contributed by atoms with Crippen molar-refractivity contribution in [2.24, 2.45) is 0 Å². The van der Waals surface area contributed by atoms with Crippen LogP contribution >= 0.6 is 21.0 Å². The quantitative estimate of drug-likeness (QED) is 0.425. The molecule has 3 nitrogen and oxygen atoms in total. The Morgan fingerprint density at radius 1 is 1.30 bits per heavy atom. The Bertz CT molecular complexity index is 102. The third kappa shape index (κ3) is 3.60. The number of hydrogen-bond acceptors (Lipinski definition) is 2. The molecular formula is C6H15INO2+. The first kappa shape index (κ1) is 10.5. The van der Waals surface area contributed by atoms with E-state index in [4.69, 9.17) is 9.68 Å². The lowest BCUT2D eigenvalue weighted by Crippen LogP contribution is -2.33. The first-order valence-electron chi connectivity index (χ1n) is 3.24. The van der Waals surface area contributed by atoms with Gasteiger partial charge in [-0.3, -0.25) is 0 Å². The molecule has 0 aromatic carbocycles.